The van der Waals surface area contributed by atoms with Crippen LogP contribution in [0.2, 0.25) is 0 Å². The van der Waals surface area contributed by atoms with Gasteiger partial charge in [-0.25, -0.2) is 4.98 Å². The minimum absolute atomic E-state index is 0.544. The van der Waals surface area contributed by atoms with Crippen LogP contribution in [0.4, 0.5) is 5.69 Å². The van der Waals surface area contributed by atoms with Crippen molar-refractivity contribution in [2.45, 2.75) is 25.9 Å². The number of aliphatic hydroxyl groups is 1. The minimum atomic E-state index is -0.544. The van der Waals surface area contributed by atoms with Crippen molar-refractivity contribution in [1.29, 1.82) is 0 Å². The lowest BCUT2D eigenvalue weighted by molar-refractivity contribution is 0.190. The zero-order valence-electron chi connectivity index (χ0n) is 9.98. The molecule has 1 aliphatic rings. The molecule has 2 aromatic rings. The molecule has 0 radical (unpaired) electrons. The number of fused-ring (bicyclic) bond motifs is 1. The van der Waals surface area contributed by atoms with E-state index in [9.17, 15) is 5.11 Å². The van der Waals surface area contributed by atoms with E-state index in [-0.39, 0.29) is 0 Å². The lowest BCUT2D eigenvalue weighted by atomic mass is 10.2. The van der Waals surface area contributed by atoms with Crippen molar-refractivity contribution in [2.75, 3.05) is 18.0 Å². The highest BCUT2D eigenvalue weighted by Gasteiger charge is 2.14. The second kappa shape index (κ2) is 4.04. The van der Waals surface area contributed by atoms with Gasteiger partial charge in [0, 0.05) is 18.8 Å². The average molecular weight is 231 g/mol. The molecule has 1 fully saturated rings. The first-order valence-corrected chi connectivity index (χ1v) is 6.17. The molecule has 17 heavy (non-hydrogen) atoms. The number of hydrogen-bond donors (Lipinski definition) is 2. The molecule has 1 saturated heterocycles. The van der Waals surface area contributed by atoms with Gasteiger partial charge in [-0.3, -0.25) is 0 Å². The summed E-state index contributed by atoms with van der Waals surface area (Å²) < 4.78 is 0. The minimum Gasteiger partial charge on any atom is -0.385 e. The van der Waals surface area contributed by atoms with Gasteiger partial charge in [-0.15, -0.1) is 0 Å². The number of nitrogens with zero attached hydrogens (tertiary/aromatic N) is 2. The van der Waals surface area contributed by atoms with Gasteiger partial charge in [-0.1, -0.05) is 0 Å². The zero-order valence-corrected chi connectivity index (χ0v) is 9.98. The molecule has 2 N–H and O–H groups in total. The summed E-state index contributed by atoms with van der Waals surface area (Å²) in [6.07, 6.45) is 2.01. The largest absolute Gasteiger partial charge is 0.385 e. The lowest BCUT2D eigenvalue weighted by Crippen LogP contribution is -2.17. The summed E-state index contributed by atoms with van der Waals surface area (Å²) >= 11 is 0. The highest BCUT2D eigenvalue weighted by molar-refractivity contribution is 5.79. The predicted molar refractivity (Wildman–Crippen MR) is 68.2 cm³/mol. The van der Waals surface area contributed by atoms with E-state index in [0.29, 0.717) is 5.82 Å². The highest BCUT2D eigenvalue weighted by atomic mass is 16.3. The number of anilines is 1. The van der Waals surface area contributed by atoms with Crippen molar-refractivity contribution < 1.29 is 5.11 Å². The number of aromatic nitrogens is 2. The third-order valence-electron chi connectivity index (χ3n) is 3.35. The van der Waals surface area contributed by atoms with Crippen LogP contribution in [0.1, 0.15) is 31.7 Å². The first kappa shape index (κ1) is 10.6. The van der Waals surface area contributed by atoms with Gasteiger partial charge in [-0.05, 0) is 38.0 Å². The molecule has 0 bridgehead atoms. The Kier molecular flexibility index (Phi) is 2.52. The highest BCUT2D eigenvalue weighted by Crippen LogP contribution is 2.24. The van der Waals surface area contributed by atoms with E-state index >= 15 is 0 Å². The van der Waals surface area contributed by atoms with E-state index in [1.54, 1.807) is 6.92 Å². The van der Waals surface area contributed by atoms with Crippen LogP contribution in [0, 0.1) is 0 Å². The first-order valence-electron chi connectivity index (χ1n) is 6.17. The Morgan fingerprint density at radius 1 is 1.35 bits per heavy atom. The summed E-state index contributed by atoms with van der Waals surface area (Å²) in [5, 5.41) is 9.50. The molecule has 1 aromatic carbocycles. The van der Waals surface area contributed by atoms with Crippen LogP contribution in [0.5, 0.6) is 0 Å². The van der Waals surface area contributed by atoms with Crippen LogP contribution in [0.15, 0.2) is 18.2 Å². The Morgan fingerprint density at radius 3 is 2.82 bits per heavy atom. The number of aromatic amines is 1. The molecule has 0 aliphatic carbocycles. The van der Waals surface area contributed by atoms with Crippen LogP contribution in [0.3, 0.4) is 0 Å². The molecule has 1 aromatic heterocycles. The number of aliphatic hydroxyl groups excluding tert-OH is 1. The van der Waals surface area contributed by atoms with E-state index in [1.807, 2.05) is 6.07 Å². The summed E-state index contributed by atoms with van der Waals surface area (Å²) in [6.45, 7) is 4.00. The molecule has 4 heteroatoms. The van der Waals surface area contributed by atoms with Gasteiger partial charge in [0.15, 0.2) is 0 Å². The lowest BCUT2D eigenvalue weighted by Gasteiger charge is -2.17. The maximum absolute atomic E-state index is 9.50. The van der Waals surface area contributed by atoms with Crippen LogP contribution in [-0.2, 0) is 0 Å². The molecule has 4 nitrogen and oxygen atoms in total. The molecule has 0 spiro atoms. The zero-order chi connectivity index (χ0) is 11.8. The van der Waals surface area contributed by atoms with Gasteiger partial charge in [0.1, 0.15) is 11.9 Å². The third-order valence-corrected chi connectivity index (χ3v) is 3.35. The molecular weight excluding hydrogens is 214 g/mol. The molecule has 1 unspecified atom stereocenters. The number of imidazole rings is 1. The molecular formula is C13H17N3O. The van der Waals surface area contributed by atoms with Crippen molar-refractivity contribution >= 4 is 16.7 Å². The predicted octanol–water partition coefficient (Wildman–Crippen LogP) is 2.22. The maximum Gasteiger partial charge on any atom is 0.135 e. The van der Waals surface area contributed by atoms with Crippen molar-refractivity contribution in [1.82, 2.24) is 9.97 Å². The molecule has 3 rings (SSSR count). The molecule has 1 atom stereocenters. The summed E-state index contributed by atoms with van der Waals surface area (Å²) in [6, 6.07) is 6.26. The molecule has 2 heterocycles. The van der Waals surface area contributed by atoms with Crippen LogP contribution < -0.4 is 4.90 Å². The van der Waals surface area contributed by atoms with Gasteiger partial charge in [0.2, 0.25) is 0 Å². The van der Waals surface area contributed by atoms with Gasteiger partial charge in [0.05, 0.1) is 11.0 Å². The van der Waals surface area contributed by atoms with E-state index in [2.05, 4.69) is 27.0 Å². The maximum atomic E-state index is 9.50. The van der Waals surface area contributed by atoms with E-state index in [1.165, 1.54) is 18.5 Å². The van der Waals surface area contributed by atoms with Crippen molar-refractivity contribution in [3.63, 3.8) is 0 Å². The Balaban J connectivity index is 2.00. The fourth-order valence-electron chi connectivity index (χ4n) is 2.39. The van der Waals surface area contributed by atoms with Gasteiger partial charge >= 0.3 is 0 Å². The number of H-pyrrole nitrogens is 1. The van der Waals surface area contributed by atoms with Gasteiger partial charge in [0.25, 0.3) is 0 Å². The molecule has 0 saturated carbocycles. The van der Waals surface area contributed by atoms with Gasteiger partial charge in [-0.2, -0.15) is 0 Å². The second-order valence-electron chi connectivity index (χ2n) is 4.69. The van der Waals surface area contributed by atoms with E-state index < -0.39 is 6.10 Å². The van der Waals surface area contributed by atoms with Gasteiger partial charge < -0.3 is 15.0 Å². The Hall–Kier alpha value is -1.55. The third kappa shape index (κ3) is 1.89. The van der Waals surface area contributed by atoms with Crippen LogP contribution >= 0.6 is 0 Å². The number of nitrogens with one attached hydrogen (secondary N) is 1. The number of hydrogen-bond acceptors (Lipinski definition) is 3. The van der Waals surface area contributed by atoms with E-state index in [4.69, 9.17) is 0 Å². The summed E-state index contributed by atoms with van der Waals surface area (Å²) in [5.41, 5.74) is 3.17. The molecule has 0 amide bonds. The Labute approximate surface area is 100 Å². The smallest absolute Gasteiger partial charge is 0.135 e. The molecule has 90 valence electrons. The fraction of sp³-hybridized carbons (Fsp3) is 0.462. The summed E-state index contributed by atoms with van der Waals surface area (Å²) in [7, 11) is 0. The first-order chi connectivity index (χ1) is 8.24. The monoisotopic (exact) mass is 231 g/mol. The Bertz CT molecular complexity index is 526. The summed E-state index contributed by atoms with van der Waals surface area (Å²) in [4.78, 5) is 9.92. The topological polar surface area (TPSA) is 52.2 Å². The van der Waals surface area contributed by atoms with E-state index in [0.717, 1.165) is 24.1 Å². The summed E-state index contributed by atoms with van der Waals surface area (Å²) in [5.74, 6) is 0.638. The standard InChI is InChI=1S/C13H17N3O/c1-9(17)13-14-11-5-4-10(8-12(11)15-13)16-6-2-3-7-16/h4-5,8-9,17H,2-3,6-7H2,1H3,(H,14,15). The van der Waals surface area contributed by atoms with Crippen LogP contribution in [-0.4, -0.2) is 28.2 Å². The average Bonchev–Trinajstić information content (AvgIpc) is 2.97. The quantitative estimate of drug-likeness (QED) is 0.833. The SMILES string of the molecule is CC(O)c1nc2ccc(N3CCCC3)cc2[nH]1. The van der Waals surface area contributed by atoms with Crippen molar-refractivity contribution in [3.8, 4) is 0 Å². The second-order valence-corrected chi connectivity index (χ2v) is 4.69. The van der Waals surface area contributed by atoms with Crippen molar-refractivity contribution in [3.05, 3.63) is 24.0 Å². The fourth-order valence-corrected chi connectivity index (χ4v) is 2.39. The molecule has 1 aliphatic heterocycles. The normalized spacial score (nSPS) is 17.9. The van der Waals surface area contributed by atoms with Crippen LogP contribution in [0.25, 0.3) is 11.0 Å². The number of benzene rings is 1. The van der Waals surface area contributed by atoms with Crippen molar-refractivity contribution in [2.24, 2.45) is 0 Å². The Morgan fingerprint density at radius 2 is 2.12 bits per heavy atom. The number of rotatable bonds is 2.